The van der Waals surface area contributed by atoms with Crippen LogP contribution in [0.4, 0.5) is 0 Å². The third kappa shape index (κ3) is 12.1. The number of likely N-dealkylation sites (tertiary alicyclic amines) is 1. The molecule has 2 heterocycles. The Morgan fingerprint density at radius 2 is 1.24 bits per heavy atom. The van der Waals surface area contributed by atoms with Gasteiger partial charge in [0.05, 0.1) is 0 Å². The summed E-state index contributed by atoms with van der Waals surface area (Å²) < 4.78 is 0. The van der Waals surface area contributed by atoms with Crippen LogP contribution in [0, 0.1) is 0 Å². The summed E-state index contributed by atoms with van der Waals surface area (Å²) in [7, 11) is 2.19. The van der Waals surface area contributed by atoms with Gasteiger partial charge in [0, 0.05) is 18.4 Å². The number of aliphatic hydroxyl groups excluding tert-OH is 4. The lowest BCUT2D eigenvalue weighted by Crippen LogP contribution is -2.39. The van der Waals surface area contributed by atoms with Crippen LogP contribution in [0.15, 0.2) is 24.5 Å². The van der Waals surface area contributed by atoms with Crippen LogP contribution in [0.25, 0.3) is 0 Å². The number of hydrogen-bond acceptors (Lipinski definition) is 10. The maximum Gasteiger partial charge on any atom is 0.335 e. The van der Waals surface area contributed by atoms with Crippen molar-refractivity contribution in [3.63, 3.8) is 0 Å². The third-order valence-electron chi connectivity index (χ3n) is 4.20. The van der Waals surface area contributed by atoms with Crippen molar-refractivity contribution >= 4 is 23.9 Å². The predicted octanol–water partition coefficient (Wildman–Crippen LogP) is -4.05. The Bertz CT molecular complexity index is 690. The zero-order valence-corrected chi connectivity index (χ0v) is 17.9. The van der Waals surface area contributed by atoms with Gasteiger partial charge in [-0.05, 0) is 38.1 Å². The van der Waals surface area contributed by atoms with Crippen LogP contribution in [0.5, 0.6) is 0 Å². The van der Waals surface area contributed by atoms with E-state index in [1.807, 2.05) is 18.5 Å². The lowest BCUT2D eigenvalue weighted by Gasteiger charge is -2.18. The fourth-order valence-electron chi connectivity index (χ4n) is 2.44. The first-order valence-corrected chi connectivity index (χ1v) is 9.04. The topological polar surface area (TPSA) is 309 Å². The summed E-state index contributed by atoms with van der Waals surface area (Å²) in [5.74, 6) is -7.07. The minimum absolute atomic E-state index is 0. The molecule has 196 valence electrons. The number of carboxylic acid groups (broad SMARTS) is 4. The first-order valence-electron chi connectivity index (χ1n) is 9.04. The van der Waals surface area contributed by atoms with Crippen molar-refractivity contribution < 1.29 is 71.0 Å². The molecule has 16 heteroatoms. The Morgan fingerprint density at radius 3 is 1.47 bits per heavy atom. The Kier molecular flexibility index (Phi) is 17.9. The quantitative estimate of drug-likeness (QED) is 0.177. The summed E-state index contributed by atoms with van der Waals surface area (Å²) in [6, 6.07) is 4.79. The molecule has 1 aromatic heterocycles. The number of pyridine rings is 1. The molecule has 0 radical (unpaired) electrons. The van der Waals surface area contributed by atoms with Crippen molar-refractivity contribution in [2.45, 2.75) is 43.3 Å². The highest BCUT2D eigenvalue weighted by Crippen LogP contribution is 2.29. The summed E-state index contributed by atoms with van der Waals surface area (Å²) in [6.45, 7) is 1.22. The number of hydrogen-bond donors (Lipinski definition) is 8. The monoisotopic (exact) mass is 498 g/mol. The van der Waals surface area contributed by atoms with E-state index in [2.05, 4.69) is 23.0 Å². The molecule has 34 heavy (non-hydrogen) atoms. The fourth-order valence-corrected chi connectivity index (χ4v) is 2.44. The van der Waals surface area contributed by atoms with E-state index in [9.17, 15) is 19.2 Å². The van der Waals surface area contributed by atoms with Crippen LogP contribution in [-0.2, 0) is 19.2 Å². The molecule has 1 fully saturated rings. The Labute approximate surface area is 192 Å². The molecule has 0 aliphatic carbocycles. The largest absolute Gasteiger partial charge is 0.479 e. The van der Waals surface area contributed by atoms with Crippen molar-refractivity contribution in [2.75, 3.05) is 13.6 Å². The van der Waals surface area contributed by atoms with Gasteiger partial charge in [0.2, 0.25) is 0 Å². The highest BCUT2D eigenvalue weighted by Gasteiger charge is 2.30. The first-order chi connectivity index (χ1) is 14.8. The number of carbonyl (C=O) groups is 4. The van der Waals surface area contributed by atoms with E-state index in [0.29, 0.717) is 6.04 Å². The maximum atomic E-state index is 9.77. The van der Waals surface area contributed by atoms with Crippen LogP contribution < -0.4 is 0 Å². The first kappa shape index (κ1) is 35.3. The van der Waals surface area contributed by atoms with Gasteiger partial charge in [-0.15, -0.1) is 0 Å². The molecule has 1 aromatic rings. The molecular weight excluding hydrogens is 468 g/mol. The molecule has 1 saturated heterocycles. The van der Waals surface area contributed by atoms with E-state index in [4.69, 9.17) is 40.9 Å². The molecule has 2 rings (SSSR count). The molecule has 1 aliphatic rings. The third-order valence-corrected chi connectivity index (χ3v) is 4.20. The standard InChI is InChI=1S/C10H14N2.2C4H6O6.2H2O/c1-12-7-3-5-10(12)9-4-2-6-11-8-9;2*5-1(3(7)8)2(6)4(9)10;;/h2,4,6,8,10H,3,5,7H2,1H3;2*1-2,5-6H,(H,7,8)(H,9,10);2*1H2/t10-;2*1-,2-;;/m011../s1. The van der Waals surface area contributed by atoms with Crippen LogP contribution in [0.3, 0.4) is 0 Å². The summed E-state index contributed by atoms with van der Waals surface area (Å²) in [4.78, 5) is 45.6. The highest BCUT2D eigenvalue weighted by atomic mass is 16.4. The molecule has 0 amide bonds. The van der Waals surface area contributed by atoms with E-state index in [0.717, 1.165) is 0 Å². The zero-order valence-electron chi connectivity index (χ0n) is 17.9. The molecule has 0 bridgehead atoms. The number of aromatic nitrogens is 1. The lowest BCUT2D eigenvalue weighted by atomic mass is 10.1. The number of nitrogens with zero attached hydrogens (tertiary/aromatic N) is 2. The second-order valence-corrected chi connectivity index (χ2v) is 6.56. The van der Waals surface area contributed by atoms with Crippen LogP contribution >= 0.6 is 0 Å². The van der Waals surface area contributed by atoms with E-state index in [1.165, 1.54) is 24.9 Å². The Balaban J connectivity index is -0.000000416. The number of aliphatic carboxylic acids is 4. The van der Waals surface area contributed by atoms with Crippen molar-refractivity contribution in [3.8, 4) is 0 Å². The molecular formula is C18H30N2O14. The van der Waals surface area contributed by atoms with Crippen molar-refractivity contribution in [1.29, 1.82) is 0 Å². The predicted molar refractivity (Wildman–Crippen MR) is 111 cm³/mol. The van der Waals surface area contributed by atoms with Crippen LogP contribution in [-0.4, -0.2) is 124 Å². The lowest BCUT2D eigenvalue weighted by molar-refractivity contribution is -0.165. The van der Waals surface area contributed by atoms with Gasteiger partial charge in [-0.2, -0.15) is 0 Å². The summed E-state index contributed by atoms with van der Waals surface area (Å²) >= 11 is 0. The minimum atomic E-state index is -2.27. The van der Waals surface area contributed by atoms with Gasteiger partial charge in [-0.3, -0.25) is 9.88 Å². The molecule has 5 atom stereocenters. The number of carboxylic acids is 4. The zero-order chi connectivity index (χ0) is 25.0. The van der Waals surface area contributed by atoms with E-state index in [1.54, 1.807) is 0 Å². The second-order valence-electron chi connectivity index (χ2n) is 6.56. The minimum Gasteiger partial charge on any atom is -0.479 e. The Hall–Kier alpha value is -3.25. The summed E-state index contributed by atoms with van der Waals surface area (Å²) in [6.07, 6.45) is -2.66. The number of aliphatic hydroxyl groups is 4. The highest BCUT2D eigenvalue weighted by molar-refractivity contribution is 5.83. The normalized spacial score (nSPS) is 18.0. The van der Waals surface area contributed by atoms with Gasteiger partial charge >= 0.3 is 23.9 Å². The van der Waals surface area contributed by atoms with Gasteiger partial charge in [0.25, 0.3) is 0 Å². The Morgan fingerprint density at radius 1 is 0.853 bits per heavy atom. The SMILES string of the molecule is CN1CCC[C@H]1c1cccnc1.O.O.O=C(O)[C@H](O)[C@@H](O)C(=O)O.O=C(O)[C@H](O)[C@@H](O)C(=O)O. The fraction of sp³-hybridized carbons (Fsp3) is 0.500. The average molecular weight is 498 g/mol. The van der Waals surface area contributed by atoms with Crippen molar-refractivity contribution in [2.24, 2.45) is 0 Å². The average Bonchev–Trinajstić information content (AvgIpc) is 3.18. The van der Waals surface area contributed by atoms with E-state index >= 15 is 0 Å². The molecule has 0 aromatic carbocycles. The van der Waals surface area contributed by atoms with Gasteiger partial charge in [-0.25, -0.2) is 19.2 Å². The number of rotatable bonds is 7. The van der Waals surface area contributed by atoms with Crippen molar-refractivity contribution in [1.82, 2.24) is 9.88 Å². The molecule has 0 spiro atoms. The molecule has 0 saturated carbocycles. The smallest absolute Gasteiger partial charge is 0.335 e. The van der Waals surface area contributed by atoms with Crippen molar-refractivity contribution in [3.05, 3.63) is 30.1 Å². The van der Waals surface area contributed by atoms with E-state index in [-0.39, 0.29) is 11.0 Å². The van der Waals surface area contributed by atoms with E-state index < -0.39 is 48.3 Å². The van der Waals surface area contributed by atoms with Gasteiger partial charge in [0.1, 0.15) is 0 Å². The van der Waals surface area contributed by atoms with Gasteiger partial charge < -0.3 is 51.8 Å². The van der Waals surface area contributed by atoms with Gasteiger partial charge in [0.15, 0.2) is 24.4 Å². The van der Waals surface area contributed by atoms with Crippen LogP contribution in [0.1, 0.15) is 24.4 Å². The molecule has 12 N–H and O–H groups in total. The van der Waals surface area contributed by atoms with Crippen LogP contribution in [0.2, 0.25) is 0 Å². The maximum absolute atomic E-state index is 9.77. The molecule has 0 unspecified atom stereocenters. The van der Waals surface area contributed by atoms with Gasteiger partial charge in [-0.1, -0.05) is 6.07 Å². The summed E-state index contributed by atoms with van der Waals surface area (Å²) in [5.41, 5.74) is 1.36. The molecule has 16 nitrogen and oxygen atoms in total. The second kappa shape index (κ2) is 17.3. The molecule has 1 aliphatic heterocycles. The summed E-state index contributed by atoms with van der Waals surface area (Å²) in [5, 5.41) is 65.1.